The Hall–Kier alpha value is -2.22. The fourth-order valence-electron chi connectivity index (χ4n) is 3.89. The van der Waals surface area contributed by atoms with E-state index in [-0.39, 0.29) is 29.0 Å². The number of piperidine rings is 1. The Kier molecular flexibility index (Phi) is 7.19. The number of benzene rings is 1. The largest absolute Gasteiger partial charge is 0.434 e. The first-order valence-electron chi connectivity index (χ1n) is 9.86. The van der Waals surface area contributed by atoms with Crippen LogP contribution in [0.1, 0.15) is 36.0 Å². The summed E-state index contributed by atoms with van der Waals surface area (Å²) in [5.74, 6) is -0.232. The quantitative estimate of drug-likeness (QED) is 0.743. The van der Waals surface area contributed by atoms with E-state index in [0.717, 1.165) is 32.4 Å². The number of nitrogens with zero attached hydrogens (tertiary/aromatic N) is 1. The molecule has 0 radical (unpaired) electrons. The fraction of sp³-hybridized carbons (Fsp3) is 0.600. The maximum Gasteiger partial charge on any atom is 0.387 e. The van der Waals surface area contributed by atoms with Gasteiger partial charge in [-0.05, 0) is 56.8 Å². The summed E-state index contributed by atoms with van der Waals surface area (Å²) in [7, 11) is 0. The van der Waals surface area contributed by atoms with Crippen LogP contribution in [0.2, 0.25) is 0 Å². The van der Waals surface area contributed by atoms with Crippen molar-refractivity contribution in [3.63, 3.8) is 0 Å². The molecule has 6 nitrogen and oxygen atoms in total. The normalized spacial score (nSPS) is 22.3. The number of likely N-dealkylation sites (tertiary alicyclic amines) is 1. The van der Waals surface area contributed by atoms with Gasteiger partial charge in [0.05, 0.1) is 11.5 Å². The first-order valence-corrected chi connectivity index (χ1v) is 9.86. The Morgan fingerprint density at radius 3 is 2.86 bits per heavy atom. The van der Waals surface area contributed by atoms with E-state index in [2.05, 4.69) is 15.4 Å². The molecule has 0 saturated carbocycles. The van der Waals surface area contributed by atoms with Crippen molar-refractivity contribution >= 4 is 11.8 Å². The molecule has 2 saturated heterocycles. The third-order valence-corrected chi connectivity index (χ3v) is 5.43. The molecule has 0 aromatic heterocycles. The minimum Gasteiger partial charge on any atom is -0.434 e. The molecular weight excluding hydrogens is 368 g/mol. The third kappa shape index (κ3) is 5.41. The molecule has 2 atom stereocenters. The van der Waals surface area contributed by atoms with Gasteiger partial charge in [-0.25, -0.2) is 0 Å². The van der Waals surface area contributed by atoms with Gasteiger partial charge in [0.15, 0.2) is 0 Å². The molecule has 0 bridgehead atoms. The van der Waals surface area contributed by atoms with Crippen LogP contribution in [0.4, 0.5) is 8.78 Å². The van der Waals surface area contributed by atoms with E-state index in [9.17, 15) is 18.4 Å². The van der Waals surface area contributed by atoms with Gasteiger partial charge in [0.2, 0.25) is 5.91 Å². The summed E-state index contributed by atoms with van der Waals surface area (Å²) in [4.78, 5) is 26.9. The number of carbonyl (C=O) groups excluding carboxylic acids is 2. The first kappa shape index (κ1) is 20.5. The van der Waals surface area contributed by atoms with E-state index in [1.54, 1.807) is 17.0 Å². The van der Waals surface area contributed by atoms with Crippen LogP contribution in [0.15, 0.2) is 24.3 Å². The Balaban J connectivity index is 1.55. The molecule has 2 fully saturated rings. The number of halogens is 2. The topological polar surface area (TPSA) is 70.7 Å². The standard InChI is InChI=1S/C20H27F2N3O3/c21-20(22)28-17-6-2-1-5-16(17)19(27)25-11-3-4-15(13-25)18(26)24-10-8-14-7-9-23-12-14/h1-2,5-6,14-15,20,23H,3-4,7-13H2,(H,24,26). The van der Waals surface area contributed by atoms with E-state index in [1.807, 2.05) is 0 Å². The molecule has 1 aromatic rings. The van der Waals surface area contributed by atoms with Crippen molar-refractivity contribution in [3.05, 3.63) is 29.8 Å². The third-order valence-electron chi connectivity index (χ3n) is 5.43. The lowest BCUT2D eigenvalue weighted by Crippen LogP contribution is -2.45. The van der Waals surface area contributed by atoms with Crippen LogP contribution >= 0.6 is 0 Å². The smallest absolute Gasteiger partial charge is 0.387 e. The summed E-state index contributed by atoms with van der Waals surface area (Å²) in [5.41, 5.74) is 0.0950. The summed E-state index contributed by atoms with van der Waals surface area (Å²) in [6.07, 6.45) is 3.51. The molecule has 28 heavy (non-hydrogen) atoms. The van der Waals surface area contributed by atoms with Gasteiger partial charge in [-0.3, -0.25) is 9.59 Å². The van der Waals surface area contributed by atoms with Gasteiger partial charge >= 0.3 is 6.61 Å². The van der Waals surface area contributed by atoms with E-state index >= 15 is 0 Å². The van der Waals surface area contributed by atoms with Crippen molar-refractivity contribution in [1.82, 2.24) is 15.5 Å². The second-order valence-corrected chi connectivity index (χ2v) is 7.40. The number of ether oxygens (including phenoxy) is 1. The van der Waals surface area contributed by atoms with Crippen molar-refractivity contribution in [3.8, 4) is 5.75 Å². The highest BCUT2D eigenvalue weighted by atomic mass is 19.3. The van der Waals surface area contributed by atoms with Gasteiger partial charge < -0.3 is 20.3 Å². The van der Waals surface area contributed by atoms with Crippen molar-refractivity contribution in [2.24, 2.45) is 11.8 Å². The highest BCUT2D eigenvalue weighted by Crippen LogP contribution is 2.25. The Bertz CT molecular complexity index is 680. The van der Waals surface area contributed by atoms with Crippen LogP contribution in [0.5, 0.6) is 5.75 Å². The number of hydrogen-bond acceptors (Lipinski definition) is 4. The SMILES string of the molecule is O=C(NCCC1CCNC1)C1CCCN(C(=O)c2ccccc2OC(F)F)C1. The van der Waals surface area contributed by atoms with E-state index in [1.165, 1.54) is 12.1 Å². The van der Waals surface area contributed by atoms with Gasteiger partial charge in [-0.2, -0.15) is 8.78 Å². The maximum absolute atomic E-state index is 12.8. The van der Waals surface area contributed by atoms with Gasteiger partial charge in [0, 0.05) is 19.6 Å². The van der Waals surface area contributed by atoms with E-state index < -0.39 is 6.61 Å². The lowest BCUT2D eigenvalue weighted by molar-refractivity contribution is -0.126. The average Bonchev–Trinajstić information content (AvgIpc) is 3.21. The van der Waals surface area contributed by atoms with Crippen molar-refractivity contribution in [2.45, 2.75) is 32.3 Å². The molecule has 2 aliphatic rings. The van der Waals surface area contributed by atoms with Crippen LogP contribution < -0.4 is 15.4 Å². The molecule has 2 aliphatic heterocycles. The summed E-state index contributed by atoms with van der Waals surface area (Å²) >= 11 is 0. The lowest BCUT2D eigenvalue weighted by Gasteiger charge is -2.32. The number of hydrogen-bond donors (Lipinski definition) is 2. The zero-order chi connectivity index (χ0) is 19.9. The maximum atomic E-state index is 12.8. The van der Waals surface area contributed by atoms with Crippen LogP contribution in [0, 0.1) is 11.8 Å². The van der Waals surface area contributed by atoms with Crippen LogP contribution in [0.3, 0.4) is 0 Å². The van der Waals surface area contributed by atoms with Gasteiger partial charge in [-0.1, -0.05) is 12.1 Å². The summed E-state index contributed by atoms with van der Waals surface area (Å²) in [6.45, 7) is 0.471. The zero-order valence-electron chi connectivity index (χ0n) is 15.8. The molecule has 2 unspecified atom stereocenters. The summed E-state index contributed by atoms with van der Waals surface area (Å²) < 4.78 is 29.7. The number of para-hydroxylation sites is 1. The lowest BCUT2D eigenvalue weighted by atomic mass is 9.96. The highest BCUT2D eigenvalue weighted by molar-refractivity contribution is 5.97. The average molecular weight is 395 g/mol. The fourth-order valence-corrected chi connectivity index (χ4v) is 3.89. The molecule has 2 heterocycles. The first-order chi connectivity index (χ1) is 13.5. The van der Waals surface area contributed by atoms with Crippen LogP contribution in [-0.2, 0) is 4.79 Å². The second-order valence-electron chi connectivity index (χ2n) is 7.40. The van der Waals surface area contributed by atoms with Crippen LogP contribution in [0.25, 0.3) is 0 Å². The minimum atomic E-state index is -3.00. The van der Waals surface area contributed by atoms with Crippen LogP contribution in [-0.4, -0.2) is 56.0 Å². The number of carbonyl (C=O) groups is 2. The minimum absolute atomic E-state index is 0.0411. The molecule has 2 N–H and O–H groups in total. The van der Waals surface area contributed by atoms with Crippen molar-refractivity contribution < 1.29 is 23.1 Å². The summed E-state index contributed by atoms with van der Waals surface area (Å²) in [6, 6.07) is 5.98. The molecule has 0 spiro atoms. The second kappa shape index (κ2) is 9.82. The molecule has 154 valence electrons. The summed E-state index contributed by atoms with van der Waals surface area (Å²) in [5, 5.41) is 6.30. The number of nitrogens with one attached hydrogen (secondary N) is 2. The van der Waals surface area contributed by atoms with Gasteiger partial charge in [0.25, 0.3) is 5.91 Å². The Labute approximate surface area is 163 Å². The van der Waals surface area contributed by atoms with Gasteiger partial charge in [-0.15, -0.1) is 0 Å². The monoisotopic (exact) mass is 395 g/mol. The predicted octanol–water partition coefficient (Wildman–Crippen LogP) is 2.26. The number of amides is 2. The predicted molar refractivity (Wildman–Crippen MR) is 100 cm³/mol. The zero-order valence-corrected chi connectivity index (χ0v) is 15.8. The molecule has 0 aliphatic carbocycles. The number of alkyl halides is 2. The molecule has 8 heteroatoms. The molecule has 3 rings (SSSR count). The molecular formula is C20H27F2N3O3. The van der Waals surface area contributed by atoms with E-state index in [4.69, 9.17) is 0 Å². The van der Waals surface area contributed by atoms with Crippen molar-refractivity contribution in [1.29, 1.82) is 0 Å². The Morgan fingerprint density at radius 2 is 2.11 bits per heavy atom. The highest BCUT2D eigenvalue weighted by Gasteiger charge is 2.30. The van der Waals surface area contributed by atoms with Gasteiger partial charge in [0.1, 0.15) is 5.75 Å². The van der Waals surface area contributed by atoms with E-state index in [0.29, 0.717) is 32.0 Å². The molecule has 2 amide bonds. The number of rotatable bonds is 7. The molecule has 1 aromatic carbocycles. The Morgan fingerprint density at radius 1 is 1.29 bits per heavy atom. The van der Waals surface area contributed by atoms with Crippen molar-refractivity contribution in [2.75, 3.05) is 32.7 Å².